The van der Waals surface area contributed by atoms with Gasteiger partial charge in [-0.3, -0.25) is 4.79 Å². The first-order valence-corrected chi connectivity index (χ1v) is 6.45. The molecule has 0 unspecified atom stereocenters. The molecular formula is C14H17ClN2O2. The quantitative estimate of drug-likeness (QED) is 0.939. The van der Waals surface area contributed by atoms with Crippen LogP contribution in [0.1, 0.15) is 25.2 Å². The summed E-state index contributed by atoms with van der Waals surface area (Å²) in [4.78, 5) is 15.7. The highest BCUT2D eigenvalue weighted by atomic mass is 35.5. The summed E-state index contributed by atoms with van der Waals surface area (Å²) in [5, 5.41) is 9.81. The largest absolute Gasteiger partial charge is 0.481 e. The monoisotopic (exact) mass is 280 g/mol. The van der Waals surface area contributed by atoms with Crippen molar-refractivity contribution in [1.29, 1.82) is 0 Å². The van der Waals surface area contributed by atoms with E-state index < -0.39 is 11.4 Å². The maximum atomic E-state index is 11.2. The Morgan fingerprint density at radius 3 is 2.68 bits per heavy atom. The summed E-state index contributed by atoms with van der Waals surface area (Å²) >= 11 is 6.19. The molecule has 0 radical (unpaired) electrons. The summed E-state index contributed by atoms with van der Waals surface area (Å²) in [5.41, 5.74) is 1.87. The van der Waals surface area contributed by atoms with E-state index in [0.29, 0.717) is 11.4 Å². The van der Waals surface area contributed by atoms with Gasteiger partial charge in [-0.25, -0.2) is 4.98 Å². The molecule has 1 N–H and O–H groups in total. The number of carbonyl (C=O) groups is 1. The van der Waals surface area contributed by atoms with Gasteiger partial charge in [0, 0.05) is 13.5 Å². The zero-order valence-corrected chi connectivity index (χ0v) is 12.2. The minimum atomic E-state index is -0.851. The van der Waals surface area contributed by atoms with Crippen LogP contribution in [0.4, 0.5) is 0 Å². The second-order valence-corrected chi connectivity index (χ2v) is 5.97. The summed E-state index contributed by atoms with van der Waals surface area (Å²) in [7, 11) is 1.89. The van der Waals surface area contributed by atoms with E-state index >= 15 is 0 Å². The van der Waals surface area contributed by atoms with E-state index in [9.17, 15) is 9.90 Å². The Bertz CT molecular complexity index is 659. The topological polar surface area (TPSA) is 55.1 Å². The number of imidazole rings is 1. The maximum Gasteiger partial charge on any atom is 0.309 e. The first kappa shape index (κ1) is 13.9. The molecule has 0 spiro atoms. The molecule has 19 heavy (non-hydrogen) atoms. The average molecular weight is 281 g/mol. The molecule has 5 heteroatoms. The van der Waals surface area contributed by atoms with Gasteiger partial charge in [-0.1, -0.05) is 11.6 Å². The number of rotatable bonds is 3. The fraction of sp³-hybridized carbons (Fsp3) is 0.429. The molecule has 102 valence electrons. The number of carboxylic acid groups (broad SMARTS) is 1. The van der Waals surface area contributed by atoms with E-state index in [1.807, 2.05) is 30.7 Å². The third kappa shape index (κ3) is 2.45. The first-order valence-electron chi connectivity index (χ1n) is 6.07. The van der Waals surface area contributed by atoms with Crippen LogP contribution in [0.5, 0.6) is 0 Å². The standard InChI is InChI=1S/C14H17ClN2O2/c1-8-5-9(15)12-10(6-8)17(4)11(16-12)7-14(2,3)13(18)19/h5-6H,7H2,1-4H3,(H,18,19). The third-order valence-electron chi connectivity index (χ3n) is 3.36. The number of halogens is 1. The molecule has 0 aliphatic carbocycles. The van der Waals surface area contributed by atoms with Crippen LogP contribution in [0.15, 0.2) is 12.1 Å². The highest BCUT2D eigenvalue weighted by Gasteiger charge is 2.29. The molecule has 4 nitrogen and oxygen atoms in total. The molecule has 0 bridgehead atoms. The number of carboxylic acids is 1. The number of aromatic nitrogens is 2. The van der Waals surface area contributed by atoms with Crippen molar-refractivity contribution in [3.05, 3.63) is 28.5 Å². The Labute approximate surface area is 117 Å². The van der Waals surface area contributed by atoms with Crippen LogP contribution in [-0.4, -0.2) is 20.6 Å². The van der Waals surface area contributed by atoms with Gasteiger partial charge in [0.1, 0.15) is 11.3 Å². The lowest BCUT2D eigenvalue weighted by molar-refractivity contribution is -0.146. The minimum absolute atomic E-state index is 0.364. The second-order valence-electron chi connectivity index (χ2n) is 5.57. The molecule has 2 rings (SSSR count). The fourth-order valence-electron chi connectivity index (χ4n) is 2.05. The van der Waals surface area contributed by atoms with Crippen molar-refractivity contribution in [2.75, 3.05) is 0 Å². The molecule has 0 amide bonds. The Kier molecular flexibility index (Phi) is 3.31. The van der Waals surface area contributed by atoms with Crippen molar-refractivity contribution in [3.8, 4) is 0 Å². The molecule has 0 fully saturated rings. The molecule has 0 atom stereocenters. The smallest absolute Gasteiger partial charge is 0.309 e. The Balaban J connectivity index is 2.55. The van der Waals surface area contributed by atoms with Gasteiger partial charge in [0.15, 0.2) is 0 Å². The van der Waals surface area contributed by atoms with Crippen molar-refractivity contribution >= 4 is 28.6 Å². The number of nitrogens with zero attached hydrogens (tertiary/aromatic N) is 2. The van der Waals surface area contributed by atoms with E-state index in [1.165, 1.54) is 0 Å². The molecule has 0 saturated heterocycles. The molecule has 1 aromatic heterocycles. The van der Waals surface area contributed by atoms with Crippen LogP contribution >= 0.6 is 11.6 Å². The van der Waals surface area contributed by atoms with Crippen molar-refractivity contribution in [2.45, 2.75) is 27.2 Å². The summed E-state index contributed by atoms with van der Waals surface area (Å²) in [5.74, 6) is -0.100. The van der Waals surface area contributed by atoms with Crippen LogP contribution in [-0.2, 0) is 18.3 Å². The lowest BCUT2D eigenvalue weighted by atomic mass is 9.89. The van der Waals surface area contributed by atoms with Gasteiger partial charge in [-0.15, -0.1) is 0 Å². The number of aryl methyl sites for hydroxylation is 2. The number of benzene rings is 1. The van der Waals surface area contributed by atoms with E-state index in [0.717, 1.165) is 22.4 Å². The Morgan fingerprint density at radius 1 is 1.47 bits per heavy atom. The molecule has 1 heterocycles. The van der Waals surface area contributed by atoms with Crippen molar-refractivity contribution < 1.29 is 9.90 Å². The molecule has 2 aromatic rings. The van der Waals surface area contributed by atoms with Gasteiger partial charge in [0.05, 0.1) is 16.0 Å². The molecule has 0 saturated carbocycles. The Hall–Kier alpha value is -1.55. The van der Waals surface area contributed by atoms with E-state index in [2.05, 4.69) is 4.98 Å². The number of aliphatic carboxylic acids is 1. The van der Waals surface area contributed by atoms with Crippen LogP contribution < -0.4 is 0 Å². The van der Waals surface area contributed by atoms with Crippen LogP contribution in [0, 0.1) is 12.3 Å². The van der Waals surface area contributed by atoms with Gasteiger partial charge in [-0.2, -0.15) is 0 Å². The minimum Gasteiger partial charge on any atom is -0.481 e. The highest BCUT2D eigenvalue weighted by Crippen LogP contribution is 2.28. The first-order chi connectivity index (χ1) is 8.72. The number of fused-ring (bicyclic) bond motifs is 1. The van der Waals surface area contributed by atoms with Gasteiger partial charge in [0.25, 0.3) is 0 Å². The van der Waals surface area contributed by atoms with Gasteiger partial charge in [-0.05, 0) is 38.5 Å². The normalized spacial score (nSPS) is 12.1. The van der Waals surface area contributed by atoms with E-state index in [4.69, 9.17) is 11.6 Å². The van der Waals surface area contributed by atoms with Crippen molar-refractivity contribution in [2.24, 2.45) is 12.5 Å². The summed E-state index contributed by atoms with van der Waals surface area (Å²) in [6.45, 7) is 5.36. The van der Waals surface area contributed by atoms with Crippen molar-refractivity contribution in [3.63, 3.8) is 0 Å². The van der Waals surface area contributed by atoms with Gasteiger partial charge >= 0.3 is 5.97 Å². The van der Waals surface area contributed by atoms with Crippen LogP contribution in [0.25, 0.3) is 11.0 Å². The predicted molar refractivity (Wildman–Crippen MR) is 75.6 cm³/mol. The predicted octanol–water partition coefficient (Wildman–Crippen LogP) is 3.19. The van der Waals surface area contributed by atoms with Gasteiger partial charge < -0.3 is 9.67 Å². The molecular weight excluding hydrogens is 264 g/mol. The molecule has 0 aliphatic heterocycles. The average Bonchev–Trinajstić information content (AvgIpc) is 2.57. The number of hydrogen-bond acceptors (Lipinski definition) is 2. The third-order valence-corrected chi connectivity index (χ3v) is 3.64. The zero-order chi connectivity index (χ0) is 14.4. The fourth-order valence-corrected chi connectivity index (χ4v) is 2.37. The van der Waals surface area contributed by atoms with E-state index in [-0.39, 0.29) is 0 Å². The van der Waals surface area contributed by atoms with Gasteiger partial charge in [0.2, 0.25) is 0 Å². The van der Waals surface area contributed by atoms with Crippen LogP contribution in [0.2, 0.25) is 5.02 Å². The zero-order valence-electron chi connectivity index (χ0n) is 11.5. The lowest BCUT2D eigenvalue weighted by Crippen LogP contribution is -2.27. The SMILES string of the molecule is Cc1cc(Cl)c2nc(CC(C)(C)C(=O)O)n(C)c2c1. The maximum absolute atomic E-state index is 11.2. The summed E-state index contributed by atoms with van der Waals surface area (Å²) in [6, 6.07) is 3.87. The van der Waals surface area contributed by atoms with Crippen molar-refractivity contribution in [1.82, 2.24) is 9.55 Å². The summed E-state index contributed by atoms with van der Waals surface area (Å²) in [6.07, 6.45) is 0.364. The highest BCUT2D eigenvalue weighted by molar-refractivity contribution is 6.35. The molecule has 1 aromatic carbocycles. The summed E-state index contributed by atoms with van der Waals surface area (Å²) < 4.78 is 1.92. The molecule has 0 aliphatic rings. The van der Waals surface area contributed by atoms with E-state index in [1.54, 1.807) is 13.8 Å². The van der Waals surface area contributed by atoms with Crippen LogP contribution in [0.3, 0.4) is 0 Å². The Morgan fingerprint density at radius 2 is 2.11 bits per heavy atom. The number of hydrogen-bond donors (Lipinski definition) is 1. The lowest BCUT2D eigenvalue weighted by Gasteiger charge is -2.18. The second kappa shape index (κ2) is 4.53.